The second-order valence-corrected chi connectivity index (χ2v) is 8.67. The van der Waals surface area contributed by atoms with E-state index in [-0.39, 0.29) is 36.0 Å². The topological polar surface area (TPSA) is 127 Å². The summed E-state index contributed by atoms with van der Waals surface area (Å²) in [6.45, 7) is 2.92. The number of likely N-dealkylation sites (tertiary alicyclic amines) is 1. The van der Waals surface area contributed by atoms with Crippen LogP contribution in [0, 0.1) is 11.3 Å². The van der Waals surface area contributed by atoms with Crippen LogP contribution in [0.1, 0.15) is 43.4 Å². The lowest BCUT2D eigenvalue weighted by atomic mass is 10.0. The third-order valence-electron chi connectivity index (χ3n) is 6.49. The Hall–Kier alpha value is -3.82. The van der Waals surface area contributed by atoms with Crippen molar-refractivity contribution in [2.75, 3.05) is 31.1 Å². The van der Waals surface area contributed by atoms with E-state index >= 15 is 0 Å². The smallest absolute Gasteiger partial charge is 0.417 e. The molecule has 0 aromatic carbocycles. The van der Waals surface area contributed by atoms with Gasteiger partial charge in [-0.2, -0.15) is 23.5 Å². The number of anilines is 1. The number of carbonyl (C=O) groups excluding carboxylic acids is 1. The highest BCUT2D eigenvalue weighted by Gasteiger charge is 2.39. The van der Waals surface area contributed by atoms with Crippen molar-refractivity contribution in [3.63, 3.8) is 0 Å². The first-order valence-corrected chi connectivity index (χ1v) is 11.2. The number of carbonyl (C=O) groups is 2. The first-order valence-electron chi connectivity index (χ1n) is 11.2. The number of nitrogens with zero attached hydrogens (tertiary/aromatic N) is 6. The van der Waals surface area contributed by atoms with E-state index in [9.17, 15) is 28.0 Å². The maximum absolute atomic E-state index is 13.8. The van der Waals surface area contributed by atoms with E-state index in [0.717, 1.165) is 12.5 Å². The van der Waals surface area contributed by atoms with Gasteiger partial charge >= 0.3 is 12.3 Å². The molecule has 2 N–H and O–H groups in total. The zero-order chi connectivity index (χ0) is 25.3. The lowest BCUT2D eigenvalue weighted by molar-refractivity contribution is -0.137. The standard InChI is InChI=1S/C22H24F3N7O3/c1-13-2-7-31(13)20-16(9-26)17(22(23,24)25)8-18(29-20)14-10-28-32(12-14)15-3-5-30(6-4-15)19(33)11-27-21(34)35/h8,10,12-13,15,27H,2-7,11H2,1H3,(H,34,35)/t13-/m0/s1. The Balaban J connectivity index is 1.55. The van der Waals surface area contributed by atoms with Crippen molar-refractivity contribution in [1.82, 2.24) is 25.0 Å². The molecule has 2 amide bonds. The average molecular weight is 491 g/mol. The number of halogens is 3. The number of aromatic nitrogens is 3. The molecule has 2 saturated heterocycles. The van der Waals surface area contributed by atoms with E-state index in [1.54, 1.807) is 26.7 Å². The molecule has 0 spiro atoms. The highest BCUT2D eigenvalue weighted by atomic mass is 19.4. The number of amides is 2. The number of hydrogen-bond acceptors (Lipinski definition) is 6. The number of pyridine rings is 1. The number of alkyl halides is 3. The van der Waals surface area contributed by atoms with Gasteiger partial charge in [-0.15, -0.1) is 0 Å². The average Bonchev–Trinajstić information content (AvgIpc) is 3.31. The van der Waals surface area contributed by atoms with Crippen LogP contribution in [0.5, 0.6) is 0 Å². The predicted molar refractivity (Wildman–Crippen MR) is 117 cm³/mol. The first kappa shape index (κ1) is 24.3. The van der Waals surface area contributed by atoms with Crippen molar-refractivity contribution in [3.05, 3.63) is 29.6 Å². The summed E-state index contributed by atoms with van der Waals surface area (Å²) in [5.74, 6) is -0.285. The van der Waals surface area contributed by atoms with Crippen molar-refractivity contribution in [3.8, 4) is 17.3 Å². The van der Waals surface area contributed by atoms with Crippen molar-refractivity contribution in [1.29, 1.82) is 5.26 Å². The fourth-order valence-electron chi connectivity index (χ4n) is 4.36. The van der Waals surface area contributed by atoms with Gasteiger partial charge in [-0.1, -0.05) is 0 Å². The molecule has 35 heavy (non-hydrogen) atoms. The number of nitriles is 1. The van der Waals surface area contributed by atoms with Gasteiger partial charge in [0.2, 0.25) is 5.91 Å². The Morgan fingerprint density at radius 1 is 1.26 bits per heavy atom. The van der Waals surface area contributed by atoms with Gasteiger partial charge in [-0.05, 0) is 32.3 Å². The minimum Gasteiger partial charge on any atom is -0.465 e. The third kappa shape index (κ3) is 5.01. The van der Waals surface area contributed by atoms with Crippen molar-refractivity contribution < 1.29 is 27.9 Å². The zero-order valence-corrected chi connectivity index (χ0v) is 18.9. The molecule has 0 aliphatic carbocycles. The maximum atomic E-state index is 13.8. The molecular formula is C22H24F3N7O3. The normalized spacial score (nSPS) is 18.7. The van der Waals surface area contributed by atoms with Gasteiger partial charge in [-0.3, -0.25) is 9.48 Å². The minimum absolute atomic E-state index is 0.00718. The lowest BCUT2D eigenvalue weighted by Crippen LogP contribution is -2.46. The third-order valence-corrected chi connectivity index (χ3v) is 6.49. The molecule has 0 radical (unpaired) electrons. The largest absolute Gasteiger partial charge is 0.465 e. The number of nitrogens with one attached hydrogen (secondary N) is 1. The molecule has 4 heterocycles. The summed E-state index contributed by atoms with van der Waals surface area (Å²) < 4.78 is 43.1. The minimum atomic E-state index is -4.71. The van der Waals surface area contributed by atoms with Crippen LogP contribution in [0.2, 0.25) is 0 Å². The molecule has 186 valence electrons. The fourth-order valence-corrected chi connectivity index (χ4v) is 4.36. The van der Waals surface area contributed by atoms with E-state index in [1.807, 2.05) is 6.92 Å². The Morgan fingerprint density at radius 2 is 1.97 bits per heavy atom. The van der Waals surface area contributed by atoms with Crippen LogP contribution in [0.4, 0.5) is 23.8 Å². The maximum Gasteiger partial charge on any atom is 0.417 e. The van der Waals surface area contributed by atoms with Gasteiger partial charge in [0.05, 0.1) is 23.5 Å². The Labute approximate surface area is 198 Å². The highest BCUT2D eigenvalue weighted by molar-refractivity contribution is 5.81. The molecule has 0 bridgehead atoms. The quantitative estimate of drug-likeness (QED) is 0.658. The molecule has 2 fully saturated rings. The second kappa shape index (κ2) is 9.44. The monoisotopic (exact) mass is 491 g/mol. The van der Waals surface area contributed by atoms with Gasteiger partial charge in [0, 0.05) is 37.4 Å². The summed E-state index contributed by atoms with van der Waals surface area (Å²) in [5, 5.41) is 24.5. The second-order valence-electron chi connectivity index (χ2n) is 8.67. The Kier molecular flexibility index (Phi) is 6.56. The lowest BCUT2D eigenvalue weighted by Gasteiger charge is -2.40. The summed E-state index contributed by atoms with van der Waals surface area (Å²) in [6, 6.07) is 2.50. The number of rotatable bonds is 5. The van der Waals surface area contributed by atoms with E-state index < -0.39 is 23.4 Å². The number of hydrogen-bond donors (Lipinski definition) is 2. The van der Waals surface area contributed by atoms with Crippen LogP contribution in [0.25, 0.3) is 11.3 Å². The summed E-state index contributed by atoms with van der Waals surface area (Å²) in [4.78, 5) is 30.4. The fraction of sp³-hybridized carbons (Fsp3) is 0.500. The summed E-state index contributed by atoms with van der Waals surface area (Å²) in [7, 11) is 0. The molecule has 4 rings (SSSR count). The van der Waals surface area contributed by atoms with Crippen LogP contribution in [-0.4, -0.2) is 69.0 Å². The van der Waals surface area contributed by atoms with Crippen molar-refractivity contribution in [2.24, 2.45) is 0 Å². The molecular weight excluding hydrogens is 467 g/mol. The van der Waals surface area contributed by atoms with Crippen LogP contribution in [-0.2, 0) is 11.0 Å². The first-order chi connectivity index (χ1) is 16.6. The van der Waals surface area contributed by atoms with Gasteiger partial charge in [0.1, 0.15) is 24.0 Å². The SMILES string of the molecule is C[C@H]1CCN1c1nc(-c2cnn(C3CCN(C(=O)CNC(=O)O)CC3)c2)cc(C(F)(F)F)c1C#N. The van der Waals surface area contributed by atoms with Gasteiger partial charge < -0.3 is 20.2 Å². The molecule has 2 aliphatic rings. The van der Waals surface area contributed by atoms with E-state index in [0.29, 0.717) is 38.0 Å². The molecule has 13 heteroatoms. The molecule has 0 unspecified atom stereocenters. The molecule has 2 aromatic heterocycles. The van der Waals surface area contributed by atoms with E-state index in [1.165, 1.54) is 6.20 Å². The van der Waals surface area contributed by atoms with Gasteiger partial charge in [0.25, 0.3) is 0 Å². The molecule has 0 saturated carbocycles. The number of piperidine rings is 1. The molecule has 10 nitrogen and oxygen atoms in total. The molecule has 1 atom stereocenters. The zero-order valence-electron chi connectivity index (χ0n) is 18.9. The van der Waals surface area contributed by atoms with Gasteiger partial charge in [-0.25, -0.2) is 9.78 Å². The van der Waals surface area contributed by atoms with E-state index in [4.69, 9.17) is 5.11 Å². The van der Waals surface area contributed by atoms with Crippen LogP contribution < -0.4 is 10.2 Å². The summed E-state index contributed by atoms with van der Waals surface area (Å²) in [5.41, 5.74) is -1.01. The van der Waals surface area contributed by atoms with E-state index in [2.05, 4.69) is 15.4 Å². The highest BCUT2D eigenvalue weighted by Crippen LogP contribution is 2.40. The summed E-state index contributed by atoms with van der Waals surface area (Å²) >= 11 is 0. The predicted octanol–water partition coefficient (Wildman–Crippen LogP) is 2.87. The van der Waals surface area contributed by atoms with Crippen LogP contribution in [0.15, 0.2) is 18.5 Å². The Bertz CT molecular complexity index is 1170. The summed E-state index contributed by atoms with van der Waals surface area (Å²) in [6.07, 6.45) is -0.969. The van der Waals surface area contributed by atoms with Crippen molar-refractivity contribution in [2.45, 2.75) is 44.4 Å². The van der Waals surface area contributed by atoms with Crippen LogP contribution in [0.3, 0.4) is 0 Å². The van der Waals surface area contributed by atoms with Gasteiger partial charge in [0.15, 0.2) is 0 Å². The van der Waals surface area contributed by atoms with Crippen molar-refractivity contribution >= 4 is 17.8 Å². The Morgan fingerprint density at radius 3 is 2.51 bits per heavy atom. The number of carboxylic acid groups (broad SMARTS) is 1. The van der Waals surface area contributed by atoms with Crippen LogP contribution >= 0.6 is 0 Å². The molecule has 2 aliphatic heterocycles. The molecule has 2 aromatic rings.